The molecule has 1 unspecified atom stereocenters. The van der Waals surface area contributed by atoms with Gasteiger partial charge in [-0.1, -0.05) is 19.1 Å². The third-order valence-corrected chi connectivity index (χ3v) is 5.85. The number of carbonyl (C=O) groups is 1. The first-order valence-corrected chi connectivity index (χ1v) is 10.6. The van der Waals surface area contributed by atoms with Crippen molar-refractivity contribution < 1.29 is 14.3 Å². The van der Waals surface area contributed by atoms with Crippen molar-refractivity contribution in [3.05, 3.63) is 53.6 Å². The van der Waals surface area contributed by atoms with Gasteiger partial charge in [-0.25, -0.2) is 0 Å². The summed E-state index contributed by atoms with van der Waals surface area (Å²) in [4.78, 5) is 17.3. The molecule has 3 rings (SSSR count). The summed E-state index contributed by atoms with van der Waals surface area (Å²) < 4.78 is 10.9. The Balaban J connectivity index is 1.52. The Morgan fingerprint density at radius 2 is 1.73 bits per heavy atom. The Morgan fingerprint density at radius 3 is 2.33 bits per heavy atom. The molecule has 0 saturated carbocycles. The zero-order chi connectivity index (χ0) is 21.5. The molecule has 0 bridgehead atoms. The van der Waals surface area contributed by atoms with Crippen molar-refractivity contribution in [3.63, 3.8) is 0 Å². The van der Waals surface area contributed by atoms with Crippen LogP contribution >= 0.6 is 0 Å². The number of ether oxygens (including phenoxy) is 2. The van der Waals surface area contributed by atoms with Crippen LogP contribution < -0.4 is 14.8 Å². The maximum atomic E-state index is 12.7. The van der Waals surface area contributed by atoms with Crippen molar-refractivity contribution in [2.75, 3.05) is 45.7 Å². The van der Waals surface area contributed by atoms with E-state index in [0.717, 1.165) is 61.9 Å². The second-order valence-corrected chi connectivity index (χ2v) is 7.71. The molecule has 1 fully saturated rings. The third-order valence-electron chi connectivity index (χ3n) is 5.85. The molecule has 6 heteroatoms. The van der Waals surface area contributed by atoms with E-state index in [1.807, 2.05) is 37.3 Å². The highest BCUT2D eigenvalue weighted by atomic mass is 16.5. The number of anilines is 1. The molecule has 1 atom stereocenters. The van der Waals surface area contributed by atoms with Gasteiger partial charge in [-0.15, -0.1) is 0 Å². The smallest absolute Gasteiger partial charge is 0.241 e. The Bertz CT molecular complexity index is 830. The van der Waals surface area contributed by atoms with Gasteiger partial charge in [0.15, 0.2) is 0 Å². The lowest BCUT2D eigenvalue weighted by Crippen LogP contribution is -2.52. The van der Waals surface area contributed by atoms with Gasteiger partial charge < -0.3 is 14.8 Å². The van der Waals surface area contributed by atoms with Crippen LogP contribution in [0.5, 0.6) is 11.5 Å². The summed E-state index contributed by atoms with van der Waals surface area (Å²) in [6.45, 7) is 8.44. The quantitative estimate of drug-likeness (QED) is 0.721. The molecular formula is C24H33N3O3. The number of hydrogen-bond acceptors (Lipinski definition) is 5. The Morgan fingerprint density at radius 1 is 1.03 bits per heavy atom. The van der Waals surface area contributed by atoms with E-state index in [0.29, 0.717) is 0 Å². The van der Waals surface area contributed by atoms with Crippen molar-refractivity contribution in [1.82, 2.24) is 9.80 Å². The van der Waals surface area contributed by atoms with Crippen molar-refractivity contribution in [2.24, 2.45) is 0 Å². The molecule has 6 nitrogen and oxygen atoms in total. The van der Waals surface area contributed by atoms with Gasteiger partial charge in [-0.2, -0.15) is 0 Å². The first-order valence-electron chi connectivity index (χ1n) is 10.6. The minimum atomic E-state index is -0.163. The molecule has 1 saturated heterocycles. The van der Waals surface area contributed by atoms with Crippen LogP contribution in [0.1, 0.15) is 25.0 Å². The number of hydrogen-bond donors (Lipinski definition) is 1. The van der Waals surface area contributed by atoms with Gasteiger partial charge in [0.25, 0.3) is 0 Å². The van der Waals surface area contributed by atoms with Crippen LogP contribution in [0, 0.1) is 0 Å². The third kappa shape index (κ3) is 5.52. The Kier molecular flexibility index (Phi) is 7.71. The van der Waals surface area contributed by atoms with Crippen LogP contribution in [0.15, 0.2) is 42.5 Å². The minimum absolute atomic E-state index is 0.0437. The fourth-order valence-electron chi connectivity index (χ4n) is 3.79. The van der Waals surface area contributed by atoms with Gasteiger partial charge in [-0.3, -0.25) is 14.6 Å². The van der Waals surface area contributed by atoms with Crippen LogP contribution in [0.3, 0.4) is 0 Å². The lowest BCUT2D eigenvalue weighted by atomic mass is 10.1. The number of amides is 1. The molecule has 1 aliphatic heterocycles. The molecular weight excluding hydrogens is 378 g/mol. The summed E-state index contributed by atoms with van der Waals surface area (Å²) >= 11 is 0. The van der Waals surface area contributed by atoms with Gasteiger partial charge in [0.2, 0.25) is 5.91 Å². The fourth-order valence-corrected chi connectivity index (χ4v) is 3.79. The number of benzene rings is 2. The molecule has 0 aromatic heterocycles. The standard InChI is InChI=1S/C24H33N3O3/c1-5-19-6-8-21(9-7-19)25-24(28)18(2)27-14-12-26(13-15-27)17-20-16-22(29-3)10-11-23(20)30-4/h6-11,16,18H,5,12-15,17H2,1-4H3,(H,25,28). The van der Waals surface area contributed by atoms with E-state index in [1.54, 1.807) is 14.2 Å². The first-order chi connectivity index (χ1) is 14.5. The highest BCUT2D eigenvalue weighted by Gasteiger charge is 2.26. The Hall–Kier alpha value is -2.57. The highest BCUT2D eigenvalue weighted by Crippen LogP contribution is 2.26. The summed E-state index contributed by atoms with van der Waals surface area (Å²) in [5.74, 6) is 1.75. The highest BCUT2D eigenvalue weighted by molar-refractivity contribution is 5.94. The number of aryl methyl sites for hydroxylation is 1. The van der Waals surface area contributed by atoms with Crippen LogP contribution in [-0.4, -0.2) is 62.1 Å². The van der Waals surface area contributed by atoms with Crippen LogP contribution in [0.25, 0.3) is 0 Å². The van der Waals surface area contributed by atoms with Crippen molar-refractivity contribution in [3.8, 4) is 11.5 Å². The zero-order valence-corrected chi connectivity index (χ0v) is 18.5. The van der Waals surface area contributed by atoms with E-state index in [9.17, 15) is 4.79 Å². The number of rotatable bonds is 8. The van der Waals surface area contributed by atoms with Gasteiger partial charge >= 0.3 is 0 Å². The van der Waals surface area contributed by atoms with Crippen molar-refractivity contribution in [2.45, 2.75) is 32.9 Å². The number of methoxy groups -OCH3 is 2. The normalized spacial score (nSPS) is 16.1. The number of piperazine rings is 1. The van der Waals surface area contributed by atoms with Gasteiger partial charge in [-0.05, 0) is 49.2 Å². The SMILES string of the molecule is CCc1ccc(NC(=O)C(C)N2CCN(Cc3cc(OC)ccc3OC)CC2)cc1. The maximum absolute atomic E-state index is 12.7. The maximum Gasteiger partial charge on any atom is 0.241 e. The summed E-state index contributed by atoms with van der Waals surface area (Å²) in [6, 6.07) is 13.8. The molecule has 0 radical (unpaired) electrons. The number of nitrogens with one attached hydrogen (secondary N) is 1. The van der Waals surface area contributed by atoms with Crippen LogP contribution in [0.2, 0.25) is 0 Å². The Labute approximate surface area is 179 Å². The van der Waals surface area contributed by atoms with Gasteiger partial charge in [0.05, 0.1) is 20.3 Å². The predicted octanol–water partition coefficient (Wildman–Crippen LogP) is 3.41. The largest absolute Gasteiger partial charge is 0.497 e. The molecule has 1 aliphatic rings. The minimum Gasteiger partial charge on any atom is -0.497 e. The number of carbonyl (C=O) groups excluding carboxylic acids is 1. The van der Waals surface area contributed by atoms with E-state index in [-0.39, 0.29) is 11.9 Å². The predicted molar refractivity (Wildman–Crippen MR) is 120 cm³/mol. The summed E-state index contributed by atoms with van der Waals surface area (Å²) in [6.07, 6.45) is 0.997. The van der Waals surface area contributed by atoms with Crippen LogP contribution in [0.4, 0.5) is 5.69 Å². The lowest BCUT2D eigenvalue weighted by molar-refractivity contribution is -0.121. The first kappa shape index (κ1) is 22.1. The molecule has 0 aliphatic carbocycles. The van der Waals surface area contributed by atoms with Crippen LogP contribution in [-0.2, 0) is 17.8 Å². The molecule has 2 aromatic rings. The van der Waals surface area contributed by atoms with E-state index < -0.39 is 0 Å². The fraction of sp³-hybridized carbons (Fsp3) is 0.458. The molecule has 1 N–H and O–H groups in total. The van der Waals surface area contributed by atoms with E-state index in [2.05, 4.69) is 34.2 Å². The molecule has 1 amide bonds. The van der Waals surface area contributed by atoms with Gasteiger partial charge in [0, 0.05) is 44.0 Å². The molecule has 0 spiro atoms. The summed E-state index contributed by atoms with van der Waals surface area (Å²) in [7, 11) is 3.37. The summed E-state index contributed by atoms with van der Waals surface area (Å²) in [5, 5.41) is 3.04. The molecule has 2 aromatic carbocycles. The molecule has 162 valence electrons. The number of nitrogens with zero attached hydrogens (tertiary/aromatic N) is 2. The lowest BCUT2D eigenvalue weighted by Gasteiger charge is -2.37. The average Bonchev–Trinajstić information content (AvgIpc) is 2.79. The monoisotopic (exact) mass is 411 g/mol. The zero-order valence-electron chi connectivity index (χ0n) is 18.5. The van der Waals surface area contributed by atoms with Crippen molar-refractivity contribution >= 4 is 11.6 Å². The molecule has 30 heavy (non-hydrogen) atoms. The second-order valence-electron chi connectivity index (χ2n) is 7.71. The van der Waals surface area contributed by atoms with E-state index in [4.69, 9.17) is 9.47 Å². The van der Waals surface area contributed by atoms with Gasteiger partial charge in [0.1, 0.15) is 11.5 Å². The molecule has 1 heterocycles. The topological polar surface area (TPSA) is 54.0 Å². The average molecular weight is 412 g/mol. The summed E-state index contributed by atoms with van der Waals surface area (Å²) in [5.41, 5.74) is 3.24. The van der Waals surface area contributed by atoms with E-state index >= 15 is 0 Å². The van der Waals surface area contributed by atoms with E-state index in [1.165, 1.54) is 5.56 Å². The second kappa shape index (κ2) is 10.5. The van der Waals surface area contributed by atoms with Crippen molar-refractivity contribution in [1.29, 1.82) is 0 Å².